The van der Waals surface area contributed by atoms with Gasteiger partial charge in [0.25, 0.3) is 0 Å². The van der Waals surface area contributed by atoms with Crippen LogP contribution in [0.2, 0.25) is 0 Å². The van der Waals surface area contributed by atoms with E-state index in [1.165, 1.54) is 0 Å². The molecule has 0 aliphatic carbocycles. The Morgan fingerprint density at radius 2 is 2.00 bits per heavy atom. The molecule has 4 heteroatoms. The highest BCUT2D eigenvalue weighted by atomic mass is 32.1. The molecule has 13 heavy (non-hydrogen) atoms. The Balaban J connectivity index is 4.45. The fraction of sp³-hybridized carbons (Fsp3) is 0.889. The second kappa shape index (κ2) is 6.29. The fourth-order valence-corrected chi connectivity index (χ4v) is 1.46. The Hall–Kier alpha value is -0.190. The normalized spacial score (nSPS) is 13.5. The highest BCUT2D eigenvalue weighted by molar-refractivity contribution is 7.65. The molecule has 0 saturated heterocycles. The zero-order valence-corrected chi connectivity index (χ0v) is 9.60. The summed E-state index contributed by atoms with van der Waals surface area (Å²) in [6.07, 6.45) is 0.928. The van der Waals surface area contributed by atoms with Gasteiger partial charge in [-0.1, -0.05) is 20.8 Å². The van der Waals surface area contributed by atoms with Crippen molar-refractivity contribution in [2.45, 2.75) is 40.2 Å². The third kappa shape index (κ3) is 4.55. The predicted molar refractivity (Wildman–Crippen MR) is 57.1 cm³/mol. The van der Waals surface area contributed by atoms with Crippen LogP contribution in [0.25, 0.3) is 0 Å². The molecule has 0 aromatic rings. The molecule has 1 atom stereocenters. The van der Waals surface area contributed by atoms with Crippen molar-refractivity contribution in [2.24, 2.45) is 5.92 Å². The van der Waals surface area contributed by atoms with E-state index in [2.05, 4.69) is 13.8 Å². The van der Waals surface area contributed by atoms with Crippen molar-refractivity contribution in [1.29, 1.82) is 0 Å². The lowest BCUT2D eigenvalue weighted by Gasteiger charge is -2.27. The van der Waals surface area contributed by atoms with Crippen LogP contribution in [0.5, 0.6) is 0 Å². The highest BCUT2D eigenvalue weighted by Crippen LogP contribution is 2.06. The van der Waals surface area contributed by atoms with Crippen LogP contribution in [0, 0.1) is 5.92 Å². The Morgan fingerprint density at radius 3 is 2.31 bits per heavy atom. The van der Waals surface area contributed by atoms with Gasteiger partial charge in [-0.15, -0.1) is 0 Å². The molecule has 0 heterocycles. The molecular weight excluding hydrogens is 186 g/mol. The molecule has 0 spiro atoms. The van der Waals surface area contributed by atoms with E-state index in [1.807, 2.05) is 13.8 Å². The van der Waals surface area contributed by atoms with E-state index in [1.54, 1.807) is 4.90 Å². The summed E-state index contributed by atoms with van der Waals surface area (Å²) < 4.78 is 10.5. The van der Waals surface area contributed by atoms with Crippen LogP contribution in [0.4, 0.5) is 0 Å². The maximum atomic E-state index is 10.5. The van der Waals surface area contributed by atoms with Crippen LogP contribution in [0.1, 0.15) is 34.1 Å². The third-order valence-electron chi connectivity index (χ3n) is 2.00. The molecule has 0 amide bonds. The average Bonchev–Trinajstić information content (AvgIpc) is 2.11. The van der Waals surface area contributed by atoms with Gasteiger partial charge < -0.3 is 5.11 Å². The van der Waals surface area contributed by atoms with E-state index >= 15 is 0 Å². The summed E-state index contributed by atoms with van der Waals surface area (Å²) >= 11 is 0.167. The van der Waals surface area contributed by atoms with E-state index in [0.717, 1.165) is 13.0 Å². The van der Waals surface area contributed by atoms with Gasteiger partial charge in [0.15, 0.2) is 0 Å². The average molecular weight is 205 g/mol. The summed E-state index contributed by atoms with van der Waals surface area (Å²) in [6.45, 7) is 8.92. The first kappa shape index (κ1) is 12.8. The first-order chi connectivity index (χ1) is 6.02. The van der Waals surface area contributed by atoms with Crippen molar-refractivity contribution in [3.05, 3.63) is 0 Å². The molecule has 78 valence electrons. The van der Waals surface area contributed by atoms with Crippen LogP contribution < -0.4 is 0 Å². The van der Waals surface area contributed by atoms with E-state index in [-0.39, 0.29) is 22.5 Å². The summed E-state index contributed by atoms with van der Waals surface area (Å²) in [7, 11) is 0. The molecule has 0 fully saturated rings. The summed E-state index contributed by atoms with van der Waals surface area (Å²) in [4.78, 5) is 1.77. The lowest BCUT2D eigenvalue weighted by atomic mass is 10.1. The van der Waals surface area contributed by atoms with Crippen molar-refractivity contribution in [1.82, 2.24) is 4.90 Å². The van der Waals surface area contributed by atoms with Gasteiger partial charge in [-0.2, -0.15) is 0 Å². The zero-order valence-electron chi connectivity index (χ0n) is 8.78. The number of rotatable bonds is 4. The molecule has 0 aromatic heterocycles. The Labute approximate surface area is 83.8 Å². The van der Waals surface area contributed by atoms with Gasteiger partial charge in [-0.3, -0.25) is 0 Å². The SMILES string of the molecule is CCC(C)N(CC(C)C)C(O)=S=O. The van der Waals surface area contributed by atoms with Crippen LogP contribution in [-0.2, 0) is 11.3 Å². The van der Waals surface area contributed by atoms with Crippen LogP contribution in [0.15, 0.2) is 0 Å². The molecule has 3 nitrogen and oxygen atoms in total. The number of hydrogen-bond donors (Lipinski definition) is 1. The third-order valence-corrected chi connectivity index (χ3v) is 2.39. The number of hydrogen-bond acceptors (Lipinski definition) is 1. The van der Waals surface area contributed by atoms with Gasteiger partial charge in [0.05, 0.1) is 0 Å². The first-order valence-electron chi connectivity index (χ1n) is 4.65. The summed E-state index contributed by atoms with van der Waals surface area (Å²) in [5, 5.41) is 9.25. The topological polar surface area (TPSA) is 40.5 Å². The van der Waals surface area contributed by atoms with E-state index in [4.69, 9.17) is 0 Å². The molecular formula is C9H19NO2S. The Morgan fingerprint density at radius 1 is 1.46 bits per heavy atom. The largest absolute Gasteiger partial charge is 0.340 e. The summed E-state index contributed by atoms with van der Waals surface area (Å²) in [5.41, 5.74) is 0. The van der Waals surface area contributed by atoms with E-state index in [0.29, 0.717) is 5.92 Å². The van der Waals surface area contributed by atoms with Gasteiger partial charge in [0.1, 0.15) is 11.3 Å². The van der Waals surface area contributed by atoms with Crippen LogP contribution >= 0.6 is 0 Å². The van der Waals surface area contributed by atoms with Gasteiger partial charge in [-0.25, -0.2) is 9.11 Å². The molecule has 0 bridgehead atoms. The molecule has 0 rings (SSSR count). The lowest BCUT2D eigenvalue weighted by molar-refractivity contribution is 0.250. The Bertz CT molecular complexity index is 200. The predicted octanol–water partition coefficient (Wildman–Crippen LogP) is 1.60. The molecule has 0 aliphatic heterocycles. The summed E-state index contributed by atoms with van der Waals surface area (Å²) in [6, 6.07) is 0.226. The minimum atomic E-state index is -0.108. The summed E-state index contributed by atoms with van der Waals surface area (Å²) in [5.74, 6) is 0.447. The second-order valence-corrected chi connectivity index (χ2v) is 4.20. The molecule has 0 aliphatic rings. The van der Waals surface area contributed by atoms with Gasteiger partial charge in [0.2, 0.25) is 5.17 Å². The monoisotopic (exact) mass is 205 g/mol. The van der Waals surface area contributed by atoms with Crippen LogP contribution in [-0.4, -0.2) is 32.0 Å². The standard InChI is InChI=1S/C9H19NO2S/c1-5-8(4)10(6-7(2)3)9(11)13-12/h7-8,11H,5-6H2,1-4H3. The number of aliphatic hydroxyl groups excluding tert-OH is 1. The van der Waals surface area contributed by atoms with Crippen molar-refractivity contribution >= 4 is 16.4 Å². The second-order valence-electron chi connectivity index (χ2n) is 3.67. The maximum Gasteiger partial charge on any atom is 0.217 e. The van der Waals surface area contributed by atoms with Gasteiger partial charge >= 0.3 is 0 Å². The quantitative estimate of drug-likeness (QED) is 0.709. The molecule has 1 unspecified atom stereocenters. The smallest absolute Gasteiger partial charge is 0.217 e. The van der Waals surface area contributed by atoms with Crippen molar-refractivity contribution in [3.63, 3.8) is 0 Å². The highest BCUT2D eigenvalue weighted by Gasteiger charge is 2.17. The molecule has 1 N–H and O–H groups in total. The number of nitrogens with zero attached hydrogens (tertiary/aromatic N) is 1. The van der Waals surface area contributed by atoms with Gasteiger partial charge in [0, 0.05) is 12.6 Å². The fourth-order valence-electron chi connectivity index (χ4n) is 1.11. The van der Waals surface area contributed by atoms with E-state index in [9.17, 15) is 9.32 Å². The van der Waals surface area contributed by atoms with Gasteiger partial charge in [-0.05, 0) is 19.3 Å². The maximum absolute atomic E-state index is 10.5. The minimum absolute atomic E-state index is 0.108. The minimum Gasteiger partial charge on any atom is -0.340 e. The first-order valence-corrected chi connectivity index (χ1v) is 5.39. The van der Waals surface area contributed by atoms with Crippen LogP contribution in [0.3, 0.4) is 0 Å². The number of aliphatic hydroxyl groups is 1. The van der Waals surface area contributed by atoms with E-state index < -0.39 is 0 Å². The van der Waals surface area contributed by atoms with Crippen molar-refractivity contribution in [2.75, 3.05) is 6.54 Å². The molecule has 0 aromatic carbocycles. The molecule has 0 saturated carbocycles. The zero-order chi connectivity index (χ0) is 10.4. The molecule has 0 radical (unpaired) electrons. The lowest BCUT2D eigenvalue weighted by Crippen LogP contribution is -2.40. The van der Waals surface area contributed by atoms with Crippen molar-refractivity contribution < 1.29 is 9.32 Å². The van der Waals surface area contributed by atoms with Crippen molar-refractivity contribution in [3.8, 4) is 0 Å². The Kier molecular flexibility index (Phi) is 6.20.